The van der Waals surface area contributed by atoms with Crippen molar-refractivity contribution in [3.8, 4) is 0 Å². The molecule has 1 aromatic carbocycles. The van der Waals surface area contributed by atoms with Crippen LogP contribution < -0.4 is 0 Å². The maximum atomic E-state index is 10.2. The van der Waals surface area contributed by atoms with Gasteiger partial charge in [0, 0.05) is 17.4 Å². The van der Waals surface area contributed by atoms with Crippen molar-refractivity contribution in [2.75, 3.05) is 26.4 Å². The first-order valence-corrected chi connectivity index (χ1v) is 8.44. The molecule has 0 saturated carbocycles. The first-order valence-electron chi connectivity index (χ1n) is 7.45. The summed E-state index contributed by atoms with van der Waals surface area (Å²) in [4.78, 5) is 3.35. The van der Waals surface area contributed by atoms with Crippen molar-refractivity contribution >= 4 is 11.8 Å². The number of benzene rings is 1. The van der Waals surface area contributed by atoms with Crippen LogP contribution in [0.25, 0.3) is 0 Å². The van der Waals surface area contributed by atoms with E-state index in [0.29, 0.717) is 6.54 Å². The molecule has 0 aliphatic carbocycles. The average Bonchev–Trinajstić information content (AvgIpc) is 2.37. The summed E-state index contributed by atoms with van der Waals surface area (Å²) in [6, 6.07) is 8.67. The van der Waals surface area contributed by atoms with Crippen LogP contribution in [-0.4, -0.2) is 42.5 Å². The molecule has 2 nitrogen and oxygen atoms in total. The zero-order valence-electron chi connectivity index (χ0n) is 13.5. The highest BCUT2D eigenvalue weighted by Crippen LogP contribution is 2.25. The molecule has 0 amide bonds. The summed E-state index contributed by atoms with van der Waals surface area (Å²) in [5.41, 5.74) is 1.22. The van der Waals surface area contributed by atoms with Gasteiger partial charge in [-0.15, -0.1) is 11.8 Å². The van der Waals surface area contributed by atoms with Gasteiger partial charge in [-0.1, -0.05) is 32.9 Å². The third-order valence-corrected chi connectivity index (χ3v) is 4.54. The summed E-state index contributed by atoms with van der Waals surface area (Å²) in [5.74, 6) is 2.12. The lowest BCUT2D eigenvalue weighted by Gasteiger charge is -2.22. The Morgan fingerprint density at radius 1 is 1.10 bits per heavy atom. The van der Waals surface area contributed by atoms with Gasteiger partial charge in [0.05, 0.1) is 6.10 Å². The molecule has 0 aliphatic heterocycles. The van der Waals surface area contributed by atoms with Crippen molar-refractivity contribution in [3.05, 3.63) is 29.8 Å². The number of hydrogen-bond donors (Lipinski definition) is 1. The molecule has 20 heavy (non-hydrogen) atoms. The molecule has 3 heteroatoms. The van der Waals surface area contributed by atoms with Crippen LogP contribution in [0.2, 0.25) is 0 Å². The molecule has 0 heterocycles. The summed E-state index contributed by atoms with van der Waals surface area (Å²) in [6.45, 7) is 7.32. The fourth-order valence-electron chi connectivity index (χ4n) is 2.03. The largest absolute Gasteiger partial charge is 0.391 e. The van der Waals surface area contributed by atoms with Gasteiger partial charge in [-0.3, -0.25) is 0 Å². The smallest absolute Gasteiger partial charge is 0.0732 e. The van der Waals surface area contributed by atoms with Crippen LogP contribution in [-0.2, 0) is 0 Å². The van der Waals surface area contributed by atoms with Gasteiger partial charge in [-0.25, -0.2) is 0 Å². The van der Waals surface area contributed by atoms with Gasteiger partial charge < -0.3 is 10.0 Å². The number of aliphatic hydroxyl groups excluding tert-OH is 1. The minimum atomic E-state index is -0.315. The van der Waals surface area contributed by atoms with E-state index in [1.807, 2.05) is 30.8 Å². The van der Waals surface area contributed by atoms with Crippen molar-refractivity contribution in [1.82, 2.24) is 4.90 Å². The first kappa shape index (κ1) is 17.5. The zero-order valence-corrected chi connectivity index (χ0v) is 14.3. The fourth-order valence-corrected chi connectivity index (χ4v) is 3.19. The number of rotatable bonds is 8. The van der Waals surface area contributed by atoms with Crippen LogP contribution in [0.4, 0.5) is 0 Å². The Morgan fingerprint density at radius 2 is 1.70 bits per heavy atom. The second-order valence-corrected chi connectivity index (χ2v) is 7.39. The van der Waals surface area contributed by atoms with Crippen LogP contribution in [0, 0.1) is 5.92 Å². The zero-order chi connectivity index (χ0) is 15.1. The van der Waals surface area contributed by atoms with Gasteiger partial charge in [0.25, 0.3) is 0 Å². The molecule has 0 bridgehead atoms. The molecule has 0 spiro atoms. The topological polar surface area (TPSA) is 23.5 Å². The van der Waals surface area contributed by atoms with Gasteiger partial charge in [0.2, 0.25) is 0 Å². The van der Waals surface area contributed by atoms with E-state index < -0.39 is 0 Å². The Kier molecular flexibility index (Phi) is 7.63. The molecule has 1 aromatic rings. The lowest BCUT2D eigenvalue weighted by molar-refractivity contribution is 0.115. The number of thioether (sulfide) groups is 1. The Labute approximate surface area is 128 Å². The average molecular weight is 295 g/mol. The standard InChI is InChI=1S/C17H29NOS/c1-13(2)10-11-20-16-8-6-15(7-9-16)14(3)17(19)12-18(4)5/h6-9,13-14,17,19H,10-12H2,1-5H3. The summed E-state index contributed by atoms with van der Waals surface area (Å²) in [5, 5.41) is 10.2. The monoisotopic (exact) mass is 295 g/mol. The van der Waals surface area contributed by atoms with E-state index in [1.54, 1.807) is 0 Å². The maximum Gasteiger partial charge on any atom is 0.0732 e. The lowest BCUT2D eigenvalue weighted by Crippen LogP contribution is -2.29. The highest BCUT2D eigenvalue weighted by Gasteiger charge is 2.16. The highest BCUT2D eigenvalue weighted by atomic mass is 32.2. The molecule has 0 aliphatic rings. The third-order valence-electron chi connectivity index (χ3n) is 3.50. The first-order chi connectivity index (χ1) is 9.40. The van der Waals surface area contributed by atoms with Gasteiger partial charge in [0.15, 0.2) is 0 Å². The van der Waals surface area contributed by atoms with Gasteiger partial charge in [-0.05, 0) is 49.9 Å². The number of hydrogen-bond acceptors (Lipinski definition) is 3. The number of likely N-dealkylation sites (N-methyl/N-ethyl adjacent to an activating group) is 1. The van der Waals surface area contributed by atoms with Crippen molar-refractivity contribution in [2.45, 2.75) is 44.1 Å². The van der Waals surface area contributed by atoms with Gasteiger partial charge in [0.1, 0.15) is 0 Å². The van der Waals surface area contributed by atoms with Crippen LogP contribution in [0.3, 0.4) is 0 Å². The third kappa shape index (κ3) is 6.29. The van der Waals surface area contributed by atoms with E-state index >= 15 is 0 Å². The molecule has 0 radical (unpaired) electrons. The number of aliphatic hydroxyl groups is 1. The Balaban J connectivity index is 2.52. The molecule has 0 aromatic heterocycles. The van der Waals surface area contributed by atoms with Crippen LogP contribution in [0.15, 0.2) is 29.2 Å². The van der Waals surface area contributed by atoms with Crippen molar-refractivity contribution in [3.63, 3.8) is 0 Å². The van der Waals surface area contributed by atoms with Crippen LogP contribution in [0.1, 0.15) is 38.7 Å². The SMILES string of the molecule is CC(C)CCSc1ccc(C(C)C(O)CN(C)C)cc1. The molecule has 2 unspecified atom stereocenters. The highest BCUT2D eigenvalue weighted by molar-refractivity contribution is 7.99. The van der Waals surface area contributed by atoms with Crippen LogP contribution in [0.5, 0.6) is 0 Å². The molecule has 0 saturated heterocycles. The minimum Gasteiger partial charge on any atom is -0.391 e. The molecule has 1 rings (SSSR count). The normalized spacial score (nSPS) is 14.8. The predicted molar refractivity (Wildman–Crippen MR) is 89.6 cm³/mol. The second kappa shape index (κ2) is 8.71. The summed E-state index contributed by atoms with van der Waals surface area (Å²) < 4.78 is 0. The molecular weight excluding hydrogens is 266 g/mol. The van der Waals surface area contributed by atoms with Crippen LogP contribution >= 0.6 is 11.8 Å². The molecule has 114 valence electrons. The van der Waals surface area contributed by atoms with Crippen molar-refractivity contribution in [2.24, 2.45) is 5.92 Å². The maximum absolute atomic E-state index is 10.2. The predicted octanol–water partition coefficient (Wildman–Crippen LogP) is 3.85. The van der Waals surface area contributed by atoms with E-state index in [-0.39, 0.29) is 12.0 Å². The molecular formula is C17H29NOS. The Hall–Kier alpha value is -0.510. The van der Waals surface area contributed by atoms with E-state index in [0.717, 1.165) is 5.92 Å². The van der Waals surface area contributed by atoms with Gasteiger partial charge in [-0.2, -0.15) is 0 Å². The number of nitrogens with zero attached hydrogens (tertiary/aromatic N) is 1. The van der Waals surface area contributed by atoms with Gasteiger partial charge >= 0.3 is 0 Å². The lowest BCUT2D eigenvalue weighted by atomic mass is 9.95. The Morgan fingerprint density at radius 3 is 2.20 bits per heavy atom. The Bertz CT molecular complexity index is 375. The van der Waals surface area contributed by atoms with Crippen molar-refractivity contribution in [1.29, 1.82) is 0 Å². The fraction of sp³-hybridized carbons (Fsp3) is 0.647. The minimum absolute atomic E-state index is 0.173. The summed E-state index contributed by atoms with van der Waals surface area (Å²) in [6.07, 6.45) is 0.939. The van der Waals surface area contributed by atoms with Crippen molar-refractivity contribution < 1.29 is 5.11 Å². The van der Waals surface area contributed by atoms with E-state index in [4.69, 9.17) is 0 Å². The molecule has 0 fully saturated rings. The van der Waals surface area contributed by atoms with E-state index in [9.17, 15) is 5.11 Å². The van der Waals surface area contributed by atoms with E-state index in [1.165, 1.54) is 22.6 Å². The molecule has 1 N–H and O–H groups in total. The summed E-state index contributed by atoms with van der Waals surface area (Å²) in [7, 11) is 3.98. The summed E-state index contributed by atoms with van der Waals surface area (Å²) >= 11 is 1.92. The second-order valence-electron chi connectivity index (χ2n) is 6.22. The molecule has 2 atom stereocenters. The van der Waals surface area contributed by atoms with E-state index in [2.05, 4.69) is 45.0 Å². The quantitative estimate of drug-likeness (QED) is 0.737.